The van der Waals surface area contributed by atoms with Gasteiger partial charge in [0.15, 0.2) is 0 Å². The van der Waals surface area contributed by atoms with E-state index in [1.54, 1.807) is 4.40 Å². The van der Waals surface area contributed by atoms with Gasteiger partial charge in [0, 0.05) is 5.39 Å². The average Bonchev–Trinajstić information content (AvgIpc) is 2.87. The standard InChI is InChI=1S/C17H7Br2NO.V/c18-8-14-12-7-3-6-11-10-4-1-2-5-13(10)17(21)20(16(11)12)15(14)9-19;/h1-7H;/q-2;+2. The van der Waals surface area contributed by atoms with Crippen LogP contribution in [-0.4, -0.2) is 4.40 Å². The van der Waals surface area contributed by atoms with E-state index in [0.717, 1.165) is 26.9 Å². The number of benzene rings is 2. The molecular weight excluding hydrogens is 445 g/mol. The molecule has 5 heteroatoms. The second kappa shape index (κ2) is 5.86. The maximum Gasteiger partial charge on any atom is 2.00 e. The van der Waals surface area contributed by atoms with E-state index in [4.69, 9.17) is 0 Å². The van der Waals surface area contributed by atoms with Gasteiger partial charge in [-0.2, -0.15) is 21.3 Å². The molecule has 0 saturated heterocycles. The number of hydrogen-bond acceptors (Lipinski definition) is 1. The number of nitrogens with zero attached hydrogens (tertiary/aromatic N) is 1. The molecule has 0 aliphatic heterocycles. The topological polar surface area (TPSA) is 21.5 Å². The minimum atomic E-state index is -0.0368. The molecule has 0 amide bonds. The third-order valence-corrected chi connectivity index (χ3v) is 4.60. The number of rotatable bonds is 0. The molecule has 105 valence electrons. The Balaban J connectivity index is 0.00000144. The molecule has 2 nitrogen and oxygen atoms in total. The van der Waals surface area contributed by atoms with E-state index >= 15 is 0 Å². The van der Waals surface area contributed by atoms with E-state index in [-0.39, 0.29) is 24.1 Å². The maximum absolute atomic E-state index is 12.9. The van der Waals surface area contributed by atoms with Crippen LogP contribution >= 0.6 is 31.9 Å². The van der Waals surface area contributed by atoms with Gasteiger partial charge in [-0.3, -0.25) is 4.79 Å². The van der Waals surface area contributed by atoms with Crippen molar-refractivity contribution in [1.82, 2.24) is 4.40 Å². The summed E-state index contributed by atoms with van der Waals surface area (Å²) in [6, 6.07) is 13.7. The van der Waals surface area contributed by atoms with Crippen LogP contribution in [0.5, 0.6) is 0 Å². The summed E-state index contributed by atoms with van der Waals surface area (Å²) in [5.74, 6) is 0. The van der Waals surface area contributed by atoms with Crippen molar-refractivity contribution in [2.45, 2.75) is 0 Å². The first-order valence-electron chi connectivity index (χ1n) is 6.32. The van der Waals surface area contributed by atoms with Crippen molar-refractivity contribution in [3.05, 3.63) is 63.4 Å². The van der Waals surface area contributed by atoms with Crippen molar-refractivity contribution in [3.8, 4) is 0 Å². The molecule has 0 bridgehead atoms. The van der Waals surface area contributed by atoms with Crippen LogP contribution in [0.1, 0.15) is 0 Å². The largest absolute Gasteiger partial charge is 2.00 e. The minimum absolute atomic E-state index is 0. The number of para-hydroxylation sites is 1. The van der Waals surface area contributed by atoms with Gasteiger partial charge in [-0.05, 0) is 22.4 Å². The molecule has 2 aromatic heterocycles. The Kier molecular flexibility index (Phi) is 4.21. The molecule has 4 aromatic rings. The van der Waals surface area contributed by atoms with Crippen LogP contribution in [0.25, 0.3) is 37.0 Å². The number of aromatic nitrogens is 1. The average molecular weight is 452 g/mol. The van der Waals surface area contributed by atoms with Crippen molar-refractivity contribution in [3.63, 3.8) is 0 Å². The Morgan fingerprint density at radius 2 is 1.45 bits per heavy atom. The van der Waals surface area contributed by atoms with Crippen LogP contribution in [0.2, 0.25) is 0 Å². The smallest absolute Gasteiger partial charge is 0.377 e. The summed E-state index contributed by atoms with van der Waals surface area (Å²) in [6.07, 6.45) is 0. The van der Waals surface area contributed by atoms with Crippen molar-refractivity contribution < 1.29 is 18.6 Å². The zero-order valence-electron chi connectivity index (χ0n) is 11.1. The molecule has 2 aromatic carbocycles. The zero-order valence-corrected chi connectivity index (χ0v) is 15.7. The number of fused-ring (bicyclic) bond motifs is 2. The molecular formula is C17H7Br2NOV. The monoisotopic (exact) mass is 450 g/mol. The van der Waals surface area contributed by atoms with Gasteiger partial charge in [-0.25, -0.2) is 31.2 Å². The second-order valence-electron chi connectivity index (χ2n) is 4.80. The quantitative estimate of drug-likeness (QED) is 0.297. The fourth-order valence-corrected chi connectivity index (χ4v) is 3.74. The molecule has 0 N–H and O–H groups in total. The number of halogens is 2. The van der Waals surface area contributed by atoms with Crippen LogP contribution in [-0.2, 0) is 18.6 Å². The number of hydrogen-bond donors (Lipinski definition) is 0. The number of pyridine rings is 1. The SMILES string of the molecule is O=c1c2ccccc2c2cccc3c(=[C-]Br)c(=[C-]Br)n1c32.[V+2]. The summed E-state index contributed by atoms with van der Waals surface area (Å²) in [5, 5.41) is 5.21. The predicted molar refractivity (Wildman–Crippen MR) is 93.8 cm³/mol. The molecule has 22 heavy (non-hydrogen) atoms. The molecule has 0 aliphatic carbocycles. The van der Waals surface area contributed by atoms with Crippen LogP contribution in [0.3, 0.4) is 0 Å². The van der Waals surface area contributed by atoms with Crippen LogP contribution in [0.15, 0.2) is 47.3 Å². The minimum Gasteiger partial charge on any atom is -0.377 e. The molecule has 0 spiro atoms. The Morgan fingerprint density at radius 1 is 0.818 bits per heavy atom. The Morgan fingerprint density at radius 3 is 2.14 bits per heavy atom. The second-order valence-corrected chi connectivity index (χ2v) is 5.59. The Bertz CT molecular complexity index is 1180. The Hall–Kier alpha value is -1.07. The molecule has 0 atom stereocenters. The van der Waals surface area contributed by atoms with Crippen molar-refractivity contribution in [2.24, 2.45) is 0 Å². The van der Waals surface area contributed by atoms with Crippen molar-refractivity contribution in [1.29, 1.82) is 0 Å². The summed E-state index contributed by atoms with van der Waals surface area (Å²) < 4.78 is 1.70. The van der Waals surface area contributed by atoms with Crippen molar-refractivity contribution in [2.75, 3.05) is 0 Å². The molecule has 0 saturated carbocycles. The van der Waals surface area contributed by atoms with Gasteiger partial charge in [0.1, 0.15) is 0 Å². The van der Waals surface area contributed by atoms with Gasteiger partial charge >= 0.3 is 18.6 Å². The normalized spacial score (nSPS) is 13.4. The van der Waals surface area contributed by atoms with Gasteiger partial charge in [0.05, 0.1) is 0 Å². The Labute approximate surface area is 154 Å². The van der Waals surface area contributed by atoms with E-state index < -0.39 is 0 Å². The fraction of sp³-hybridized carbons (Fsp3) is 0. The van der Waals surface area contributed by atoms with Crippen LogP contribution in [0.4, 0.5) is 0 Å². The third-order valence-electron chi connectivity index (χ3n) is 3.82. The maximum atomic E-state index is 12.9. The summed E-state index contributed by atoms with van der Waals surface area (Å²) in [4.78, 5) is 18.8. The van der Waals surface area contributed by atoms with E-state index in [9.17, 15) is 4.79 Å². The van der Waals surface area contributed by atoms with Crippen LogP contribution < -0.4 is 16.1 Å². The third kappa shape index (κ3) is 1.95. The molecule has 0 aliphatic rings. The van der Waals surface area contributed by atoms with E-state index in [1.807, 2.05) is 42.5 Å². The van der Waals surface area contributed by atoms with E-state index in [1.165, 1.54) is 0 Å². The van der Waals surface area contributed by atoms with Gasteiger partial charge in [-0.1, -0.05) is 30.3 Å². The predicted octanol–water partition coefficient (Wildman–Crippen LogP) is 3.06. The van der Waals surface area contributed by atoms with Crippen molar-refractivity contribution >= 4 is 68.9 Å². The first kappa shape index (κ1) is 15.8. The molecule has 0 fully saturated rings. The van der Waals surface area contributed by atoms with E-state index in [0.29, 0.717) is 10.7 Å². The fourth-order valence-electron chi connectivity index (χ4n) is 2.97. The molecule has 4 rings (SSSR count). The van der Waals surface area contributed by atoms with Gasteiger partial charge < -0.3 is 9.62 Å². The zero-order chi connectivity index (χ0) is 14.6. The van der Waals surface area contributed by atoms with Crippen LogP contribution in [0, 0.1) is 0 Å². The van der Waals surface area contributed by atoms with Gasteiger partial charge in [-0.15, -0.1) is 6.07 Å². The summed E-state index contributed by atoms with van der Waals surface area (Å²) in [6.45, 7) is 0. The molecule has 0 unspecified atom stereocenters. The summed E-state index contributed by atoms with van der Waals surface area (Å²) >= 11 is 6.53. The first-order valence-corrected chi connectivity index (χ1v) is 7.91. The van der Waals surface area contributed by atoms with E-state index in [2.05, 4.69) is 41.8 Å². The summed E-state index contributed by atoms with van der Waals surface area (Å²) in [7, 11) is 0. The molecule has 1 radical (unpaired) electrons. The summed E-state index contributed by atoms with van der Waals surface area (Å²) in [5.41, 5.74) is 0.871. The van der Waals surface area contributed by atoms with Gasteiger partial charge in [0.25, 0.3) is 0 Å². The molecule has 2 heterocycles. The first-order chi connectivity index (χ1) is 10.3. The van der Waals surface area contributed by atoms with Gasteiger partial charge in [0.2, 0.25) is 5.56 Å².